The molecule has 0 aliphatic heterocycles. The van der Waals surface area contributed by atoms with Crippen LogP contribution in [0.4, 0.5) is 5.69 Å². The van der Waals surface area contributed by atoms with Crippen LogP contribution in [-0.4, -0.2) is 39.6 Å². The molecule has 4 rings (SSSR count). The second-order valence-electron chi connectivity index (χ2n) is 8.81. The predicted molar refractivity (Wildman–Crippen MR) is 163 cm³/mol. The molecule has 4 aromatic carbocycles. The van der Waals surface area contributed by atoms with Crippen molar-refractivity contribution in [3.8, 4) is 5.75 Å². The molecular formula is C30H26Cl2N4O5S. The number of carbonyl (C=O) groups excluding carboxylic acids is 2. The van der Waals surface area contributed by atoms with Gasteiger partial charge in [-0.05, 0) is 59.7 Å². The van der Waals surface area contributed by atoms with E-state index >= 15 is 0 Å². The summed E-state index contributed by atoms with van der Waals surface area (Å²) >= 11 is 12.4. The van der Waals surface area contributed by atoms with Crippen LogP contribution in [0.3, 0.4) is 0 Å². The number of benzene rings is 4. The van der Waals surface area contributed by atoms with E-state index in [1.165, 1.54) is 36.5 Å². The minimum Gasteiger partial charge on any atom is -0.484 e. The molecule has 9 nitrogen and oxygen atoms in total. The summed E-state index contributed by atoms with van der Waals surface area (Å²) in [4.78, 5) is 24.8. The predicted octanol–water partition coefficient (Wildman–Crippen LogP) is 5.03. The van der Waals surface area contributed by atoms with Crippen molar-refractivity contribution in [1.82, 2.24) is 10.7 Å². The zero-order valence-electron chi connectivity index (χ0n) is 22.1. The molecule has 0 aliphatic carbocycles. The van der Waals surface area contributed by atoms with E-state index in [1.807, 2.05) is 30.3 Å². The van der Waals surface area contributed by atoms with Crippen LogP contribution < -0.4 is 19.8 Å². The van der Waals surface area contributed by atoms with Gasteiger partial charge in [-0.15, -0.1) is 0 Å². The summed E-state index contributed by atoms with van der Waals surface area (Å²) in [6.45, 7) is -0.338. The SMILES string of the molecule is O=C(COc1ccc(/C=N\NC(=O)CN(c2cccc(Cl)c2Cl)S(=O)(=O)c2ccccc2)cc1)NCc1ccccc1. The first kappa shape index (κ1) is 30.6. The van der Waals surface area contributed by atoms with Gasteiger partial charge < -0.3 is 10.1 Å². The number of hydrogen-bond acceptors (Lipinski definition) is 6. The highest BCUT2D eigenvalue weighted by Gasteiger charge is 2.29. The van der Waals surface area contributed by atoms with Gasteiger partial charge in [-0.1, -0.05) is 77.8 Å². The van der Waals surface area contributed by atoms with Crippen LogP contribution in [0.1, 0.15) is 11.1 Å². The quantitative estimate of drug-likeness (QED) is 0.169. The first-order chi connectivity index (χ1) is 20.2. The Morgan fingerprint density at radius 3 is 2.19 bits per heavy atom. The van der Waals surface area contributed by atoms with Crippen molar-refractivity contribution in [3.05, 3.63) is 124 Å². The van der Waals surface area contributed by atoms with Gasteiger partial charge in [-0.2, -0.15) is 5.10 Å². The molecule has 0 bridgehead atoms. The lowest BCUT2D eigenvalue weighted by molar-refractivity contribution is -0.123. The molecule has 0 atom stereocenters. The molecule has 0 fully saturated rings. The van der Waals surface area contributed by atoms with Crippen LogP contribution in [0.5, 0.6) is 5.75 Å². The van der Waals surface area contributed by atoms with Gasteiger partial charge in [0.25, 0.3) is 21.8 Å². The standard InChI is InChI=1S/C30H26Cl2N4O5S/c31-26-12-7-13-27(30(26)32)36(42(39,40)25-10-5-2-6-11-25)20-28(37)35-34-19-23-14-16-24(17-15-23)41-21-29(38)33-18-22-8-3-1-4-9-22/h1-17,19H,18,20-21H2,(H,33,38)(H,35,37)/b34-19-. The van der Waals surface area contributed by atoms with Crippen molar-refractivity contribution in [2.45, 2.75) is 11.4 Å². The van der Waals surface area contributed by atoms with Gasteiger partial charge in [0.05, 0.1) is 26.8 Å². The lowest BCUT2D eigenvalue weighted by Crippen LogP contribution is -2.39. The van der Waals surface area contributed by atoms with Crippen LogP contribution in [0.25, 0.3) is 0 Å². The molecule has 0 unspecified atom stereocenters. The lowest BCUT2D eigenvalue weighted by atomic mass is 10.2. The van der Waals surface area contributed by atoms with E-state index < -0.39 is 22.5 Å². The van der Waals surface area contributed by atoms with E-state index in [4.69, 9.17) is 27.9 Å². The fourth-order valence-electron chi connectivity index (χ4n) is 3.70. The number of rotatable bonds is 12. The number of hydrogen-bond donors (Lipinski definition) is 2. The molecule has 0 aromatic heterocycles. The van der Waals surface area contributed by atoms with Crippen molar-refractivity contribution >= 4 is 56.9 Å². The smallest absolute Gasteiger partial charge is 0.264 e. The summed E-state index contributed by atoms with van der Waals surface area (Å²) in [7, 11) is -4.16. The molecule has 0 saturated carbocycles. The molecule has 0 aliphatic rings. The summed E-state index contributed by atoms with van der Waals surface area (Å²) in [5.41, 5.74) is 4.00. The Labute approximate surface area is 253 Å². The van der Waals surface area contributed by atoms with E-state index in [0.29, 0.717) is 17.9 Å². The second-order valence-corrected chi connectivity index (χ2v) is 11.5. The Balaban J connectivity index is 1.34. The summed E-state index contributed by atoms with van der Waals surface area (Å²) < 4.78 is 33.2. The Kier molecular flexibility index (Phi) is 10.6. The number of ether oxygens (including phenoxy) is 1. The molecule has 216 valence electrons. The number of hydrazone groups is 1. The van der Waals surface area contributed by atoms with Crippen LogP contribution in [0.15, 0.2) is 113 Å². The third-order valence-electron chi connectivity index (χ3n) is 5.80. The average molecular weight is 626 g/mol. The highest BCUT2D eigenvalue weighted by Crippen LogP contribution is 2.35. The summed E-state index contributed by atoms with van der Waals surface area (Å²) in [5.74, 6) is -0.482. The highest BCUT2D eigenvalue weighted by molar-refractivity contribution is 7.92. The number of sulfonamides is 1. The van der Waals surface area contributed by atoms with Crippen molar-refractivity contribution in [2.24, 2.45) is 5.10 Å². The summed E-state index contributed by atoms with van der Waals surface area (Å²) in [6.07, 6.45) is 1.39. The van der Waals surface area contributed by atoms with Crippen LogP contribution >= 0.6 is 23.2 Å². The Morgan fingerprint density at radius 1 is 0.833 bits per heavy atom. The first-order valence-corrected chi connectivity index (χ1v) is 14.8. The maximum atomic E-state index is 13.4. The number of nitrogens with one attached hydrogen (secondary N) is 2. The van der Waals surface area contributed by atoms with Gasteiger partial charge in [-0.3, -0.25) is 13.9 Å². The fraction of sp³-hybridized carbons (Fsp3) is 0.100. The van der Waals surface area contributed by atoms with E-state index in [0.717, 1.165) is 9.87 Å². The maximum Gasteiger partial charge on any atom is 0.264 e. The minimum absolute atomic E-state index is 0.00837. The second kappa shape index (κ2) is 14.5. The Morgan fingerprint density at radius 2 is 1.50 bits per heavy atom. The van der Waals surface area contributed by atoms with Crippen molar-refractivity contribution < 1.29 is 22.7 Å². The zero-order chi connectivity index (χ0) is 30.0. The molecule has 42 heavy (non-hydrogen) atoms. The number of amides is 2. The lowest BCUT2D eigenvalue weighted by Gasteiger charge is -2.24. The molecule has 2 amide bonds. The van der Waals surface area contributed by atoms with Gasteiger partial charge >= 0.3 is 0 Å². The molecule has 0 spiro atoms. The third-order valence-corrected chi connectivity index (χ3v) is 8.39. The Bertz CT molecular complexity index is 1650. The van der Waals surface area contributed by atoms with Crippen molar-refractivity contribution in [1.29, 1.82) is 0 Å². The average Bonchev–Trinajstić information content (AvgIpc) is 3.01. The molecule has 2 N–H and O–H groups in total. The van der Waals surface area contributed by atoms with Gasteiger partial charge in [-0.25, -0.2) is 13.8 Å². The fourth-order valence-corrected chi connectivity index (χ4v) is 5.60. The van der Waals surface area contributed by atoms with Gasteiger partial charge in [0, 0.05) is 6.54 Å². The zero-order valence-corrected chi connectivity index (χ0v) is 24.4. The molecule has 12 heteroatoms. The number of carbonyl (C=O) groups is 2. The van der Waals surface area contributed by atoms with Gasteiger partial charge in [0.1, 0.15) is 12.3 Å². The molecular weight excluding hydrogens is 599 g/mol. The Hall–Kier alpha value is -4.38. The molecule has 0 saturated heterocycles. The normalized spacial score (nSPS) is 11.2. The minimum atomic E-state index is -4.16. The topological polar surface area (TPSA) is 117 Å². The van der Waals surface area contributed by atoms with E-state index in [9.17, 15) is 18.0 Å². The monoisotopic (exact) mass is 624 g/mol. The van der Waals surface area contributed by atoms with Crippen LogP contribution in [0.2, 0.25) is 10.0 Å². The van der Waals surface area contributed by atoms with Crippen molar-refractivity contribution in [2.75, 3.05) is 17.5 Å². The van der Waals surface area contributed by atoms with Crippen molar-refractivity contribution in [3.63, 3.8) is 0 Å². The van der Waals surface area contributed by atoms with E-state index in [-0.39, 0.29) is 33.1 Å². The largest absolute Gasteiger partial charge is 0.484 e. The van der Waals surface area contributed by atoms with Gasteiger partial charge in [0.2, 0.25) is 0 Å². The highest BCUT2D eigenvalue weighted by atomic mass is 35.5. The maximum absolute atomic E-state index is 13.4. The first-order valence-electron chi connectivity index (χ1n) is 12.6. The molecule has 0 heterocycles. The molecule has 0 radical (unpaired) electrons. The number of anilines is 1. The molecule has 4 aromatic rings. The van der Waals surface area contributed by atoms with E-state index in [2.05, 4.69) is 15.8 Å². The third kappa shape index (κ3) is 8.32. The van der Waals surface area contributed by atoms with Gasteiger partial charge in [0.15, 0.2) is 6.61 Å². The van der Waals surface area contributed by atoms with Crippen LogP contribution in [0, 0.1) is 0 Å². The van der Waals surface area contributed by atoms with E-state index in [1.54, 1.807) is 42.5 Å². The summed E-state index contributed by atoms with van der Waals surface area (Å²) in [6, 6.07) is 28.4. The summed E-state index contributed by atoms with van der Waals surface area (Å²) in [5, 5.41) is 6.85. The van der Waals surface area contributed by atoms with Crippen LogP contribution in [-0.2, 0) is 26.2 Å². The number of nitrogens with zero attached hydrogens (tertiary/aromatic N) is 2. The number of halogens is 2.